The van der Waals surface area contributed by atoms with Crippen LogP contribution in [0.4, 0.5) is 0 Å². The fourth-order valence-corrected chi connectivity index (χ4v) is 6.33. The summed E-state index contributed by atoms with van der Waals surface area (Å²) in [5.74, 6) is 0. The molecule has 0 radical (unpaired) electrons. The second kappa shape index (κ2) is 6.41. The number of rotatable bonds is 2. The van der Waals surface area contributed by atoms with E-state index in [9.17, 15) is 0 Å². The summed E-state index contributed by atoms with van der Waals surface area (Å²) in [5.41, 5.74) is 3.12. The molecule has 1 aromatic rings. The molecule has 2 heterocycles. The van der Waals surface area contributed by atoms with E-state index in [0.29, 0.717) is 10.1 Å². The molecule has 1 aliphatic carbocycles. The Kier molecular flexibility index (Phi) is 4.32. The second-order valence-corrected chi connectivity index (χ2v) is 8.61. The van der Waals surface area contributed by atoms with Crippen LogP contribution in [0.2, 0.25) is 0 Å². The molecule has 1 unspecified atom stereocenters. The summed E-state index contributed by atoms with van der Waals surface area (Å²) in [6, 6.07) is 11.2. The maximum absolute atomic E-state index is 2.74. The van der Waals surface area contributed by atoms with Crippen molar-refractivity contribution in [2.75, 3.05) is 13.1 Å². The number of thioether (sulfide) groups is 1. The first-order valence-electron chi connectivity index (χ1n) is 9.07. The predicted molar refractivity (Wildman–Crippen MR) is 97.0 cm³/mol. The number of hydrogen-bond acceptors (Lipinski definition) is 2. The van der Waals surface area contributed by atoms with Crippen LogP contribution in [0.25, 0.3) is 5.57 Å². The molecule has 118 valence electrons. The van der Waals surface area contributed by atoms with Gasteiger partial charge in [0, 0.05) is 4.75 Å². The van der Waals surface area contributed by atoms with E-state index in [4.69, 9.17) is 0 Å². The number of hydrogen-bond donors (Lipinski definition) is 0. The maximum Gasteiger partial charge on any atom is 0.0759 e. The van der Waals surface area contributed by atoms with Gasteiger partial charge >= 0.3 is 0 Å². The van der Waals surface area contributed by atoms with Crippen LogP contribution in [0, 0.1) is 0 Å². The fraction of sp³-hybridized carbons (Fsp3) is 0.600. The molecule has 1 aromatic carbocycles. The molecule has 1 saturated carbocycles. The topological polar surface area (TPSA) is 3.24 Å². The lowest BCUT2D eigenvalue weighted by molar-refractivity contribution is 0.236. The lowest BCUT2D eigenvalue weighted by Crippen LogP contribution is -2.37. The van der Waals surface area contributed by atoms with Gasteiger partial charge in [-0.2, -0.15) is 0 Å². The van der Waals surface area contributed by atoms with Crippen LogP contribution in [-0.2, 0) is 0 Å². The van der Waals surface area contributed by atoms with Crippen molar-refractivity contribution >= 4 is 17.3 Å². The third-order valence-electron chi connectivity index (χ3n) is 5.64. The van der Waals surface area contributed by atoms with Crippen LogP contribution < -0.4 is 0 Å². The van der Waals surface area contributed by atoms with Gasteiger partial charge in [-0.15, -0.1) is 11.8 Å². The van der Waals surface area contributed by atoms with E-state index in [2.05, 4.69) is 53.1 Å². The van der Waals surface area contributed by atoms with Crippen LogP contribution in [-0.4, -0.2) is 28.1 Å². The van der Waals surface area contributed by atoms with Crippen molar-refractivity contribution in [2.24, 2.45) is 0 Å². The van der Waals surface area contributed by atoms with Gasteiger partial charge in [-0.05, 0) is 49.9 Å². The van der Waals surface area contributed by atoms with Crippen molar-refractivity contribution in [1.29, 1.82) is 0 Å². The van der Waals surface area contributed by atoms with E-state index in [1.54, 1.807) is 5.57 Å². The molecule has 1 nitrogen and oxygen atoms in total. The van der Waals surface area contributed by atoms with Crippen LogP contribution in [0.1, 0.15) is 56.9 Å². The number of piperidine rings is 1. The van der Waals surface area contributed by atoms with Gasteiger partial charge in [0.25, 0.3) is 0 Å². The summed E-state index contributed by atoms with van der Waals surface area (Å²) < 4.78 is 0.404. The molecule has 2 heteroatoms. The Balaban J connectivity index is 1.65. The monoisotopic (exact) mass is 313 g/mol. The van der Waals surface area contributed by atoms with Crippen LogP contribution in [0.5, 0.6) is 0 Å². The van der Waals surface area contributed by atoms with E-state index in [1.807, 2.05) is 0 Å². The predicted octanol–water partition coefficient (Wildman–Crippen LogP) is 5.33. The molecule has 2 aliphatic heterocycles. The zero-order chi connectivity index (χ0) is 14.8. The molecule has 0 amide bonds. The van der Waals surface area contributed by atoms with Crippen molar-refractivity contribution in [1.82, 2.24) is 4.90 Å². The number of benzene rings is 1. The summed E-state index contributed by atoms with van der Waals surface area (Å²) in [4.78, 5) is 2.74. The van der Waals surface area contributed by atoms with Crippen LogP contribution in [0.15, 0.2) is 36.4 Å². The lowest BCUT2D eigenvalue weighted by Gasteiger charge is -2.38. The molecule has 0 aromatic heterocycles. The molecule has 1 atom stereocenters. The highest BCUT2D eigenvalue weighted by Crippen LogP contribution is 2.56. The van der Waals surface area contributed by atoms with Crippen molar-refractivity contribution in [3.8, 4) is 0 Å². The van der Waals surface area contributed by atoms with Gasteiger partial charge in [0.2, 0.25) is 0 Å². The Labute approximate surface area is 139 Å². The molecule has 3 aliphatic rings. The zero-order valence-electron chi connectivity index (χ0n) is 13.5. The summed E-state index contributed by atoms with van der Waals surface area (Å²) >= 11 is 2.28. The largest absolute Gasteiger partial charge is 0.288 e. The van der Waals surface area contributed by atoms with E-state index >= 15 is 0 Å². The molecule has 4 rings (SSSR count). The fourth-order valence-electron chi connectivity index (χ4n) is 4.46. The van der Waals surface area contributed by atoms with Gasteiger partial charge in [0.15, 0.2) is 0 Å². The first-order chi connectivity index (χ1) is 10.9. The third-order valence-corrected chi connectivity index (χ3v) is 7.40. The normalized spacial score (nSPS) is 28.7. The van der Waals surface area contributed by atoms with Gasteiger partial charge in [-0.25, -0.2) is 0 Å². The van der Waals surface area contributed by atoms with Crippen molar-refractivity contribution in [2.45, 2.75) is 61.5 Å². The van der Waals surface area contributed by atoms with Crippen LogP contribution >= 0.6 is 11.8 Å². The van der Waals surface area contributed by atoms with E-state index in [-0.39, 0.29) is 0 Å². The Morgan fingerprint density at radius 2 is 1.55 bits per heavy atom. The van der Waals surface area contributed by atoms with Crippen molar-refractivity contribution in [3.05, 3.63) is 42.0 Å². The van der Waals surface area contributed by atoms with Crippen LogP contribution in [0.3, 0.4) is 0 Å². The van der Waals surface area contributed by atoms with E-state index in [0.717, 1.165) is 0 Å². The maximum atomic E-state index is 2.74. The lowest BCUT2D eigenvalue weighted by atomic mass is 9.80. The minimum absolute atomic E-state index is 0.404. The average molecular weight is 314 g/mol. The van der Waals surface area contributed by atoms with Gasteiger partial charge in [-0.1, -0.05) is 62.1 Å². The SMILES string of the molecule is C1=C(c2ccccc2)C2(CCCCC2)SC1N1CCCCC1. The summed E-state index contributed by atoms with van der Waals surface area (Å²) in [5, 5.41) is 0.619. The third kappa shape index (κ3) is 2.76. The molecule has 2 fully saturated rings. The summed E-state index contributed by atoms with van der Waals surface area (Å²) in [7, 11) is 0. The quantitative estimate of drug-likeness (QED) is 0.726. The molecule has 22 heavy (non-hydrogen) atoms. The highest BCUT2D eigenvalue weighted by atomic mass is 32.2. The Hall–Kier alpha value is -0.730. The zero-order valence-corrected chi connectivity index (χ0v) is 14.3. The van der Waals surface area contributed by atoms with Crippen molar-refractivity contribution in [3.63, 3.8) is 0 Å². The molecular weight excluding hydrogens is 286 g/mol. The molecule has 1 spiro atoms. The highest BCUT2D eigenvalue weighted by Gasteiger charge is 2.44. The van der Waals surface area contributed by atoms with Gasteiger partial charge in [0.1, 0.15) is 0 Å². The Morgan fingerprint density at radius 3 is 2.27 bits per heavy atom. The summed E-state index contributed by atoms with van der Waals surface area (Å²) in [6.07, 6.45) is 13.8. The summed E-state index contributed by atoms with van der Waals surface area (Å²) in [6.45, 7) is 2.60. The van der Waals surface area contributed by atoms with Gasteiger partial charge in [0.05, 0.1) is 5.37 Å². The number of nitrogens with zero attached hydrogens (tertiary/aromatic N) is 1. The number of likely N-dealkylation sites (tertiary alicyclic amines) is 1. The van der Waals surface area contributed by atoms with Crippen molar-refractivity contribution < 1.29 is 0 Å². The van der Waals surface area contributed by atoms with Gasteiger partial charge < -0.3 is 0 Å². The smallest absolute Gasteiger partial charge is 0.0759 e. The molecule has 0 N–H and O–H groups in total. The first-order valence-corrected chi connectivity index (χ1v) is 9.95. The minimum atomic E-state index is 0.404. The molecular formula is C20H27NS. The first kappa shape index (κ1) is 14.8. The average Bonchev–Trinajstić information content (AvgIpc) is 2.96. The minimum Gasteiger partial charge on any atom is -0.288 e. The van der Waals surface area contributed by atoms with E-state index in [1.165, 1.54) is 70.0 Å². The Bertz CT molecular complexity index is 524. The Morgan fingerprint density at radius 1 is 0.864 bits per heavy atom. The standard InChI is InChI=1S/C20H27NS/c1-4-10-17(11-5-1)18-16-19(21-14-8-3-9-15-21)22-20(18)12-6-2-7-13-20/h1,4-5,10-11,16,19H,2-3,6-9,12-15H2. The molecule has 0 bridgehead atoms. The highest BCUT2D eigenvalue weighted by molar-refractivity contribution is 8.02. The van der Waals surface area contributed by atoms with Gasteiger partial charge in [-0.3, -0.25) is 4.90 Å². The molecule has 1 saturated heterocycles. The second-order valence-electron chi connectivity index (χ2n) is 7.11. The van der Waals surface area contributed by atoms with E-state index < -0.39 is 0 Å².